The van der Waals surface area contributed by atoms with Gasteiger partial charge in [-0.05, 0) is 38.0 Å². The van der Waals surface area contributed by atoms with Gasteiger partial charge in [-0.2, -0.15) is 4.31 Å². The Labute approximate surface area is 184 Å². The van der Waals surface area contributed by atoms with Crippen molar-refractivity contribution in [2.45, 2.75) is 43.7 Å². The number of piperazine rings is 1. The molecule has 2 heterocycles. The molecule has 0 saturated carbocycles. The van der Waals surface area contributed by atoms with E-state index in [1.54, 1.807) is 4.90 Å². The highest BCUT2D eigenvalue weighted by molar-refractivity contribution is 7.91. The van der Waals surface area contributed by atoms with Crippen molar-refractivity contribution in [1.29, 1.82) is 0 Å². The summed E-state index contributed by atoms with van der Waals surface area (Å²) in [7, 11) is -6.90. The number of halogens is 1. The Kier molecular flexibility index (Phi) is 7.39. The number of carbonyl (C=O) groups is 1. The number of hydrogen-bond acceptors (Lipinski definition) is 6. The lowest BCUT2D eigenvalue weighted by molar-refractivity contribution is -0.137. The van der Waals surface area contributed by atoms with Gasteiger partial charge in [-0.1, -0.05) is 13.0 Å². The van der Waals surface area contributed by atoms with E-state index in [-0.39, 0.29) is 54.0 Å². The van der Waals surface area contributed by atoms with Crippen molar-refractivity contribution in [2.75, 3.05) is 44.2 Å². The monoisotopic (exact) mass is 475 g/mol. The van der Waals surface area contributed by atoms with Gasteiger partial charge < -0.3 is 4.90 Å². The number of sulfonamides is 1. The molecule has 1 aromatic rings. The number of benzene rings is 1. The van der Waals surface area contributed by atoms with Crippen molar-refractivity contribution in [3.63, 3.8) is 0 Å². The third kappa shape index (κ3) is 5.63. The highest BCUT2D eigenvalue weighted by Gasteiger charge is 2.37. The second kappa shape index (κ2) is 9.51. The summed E-state index contributed by atoms with van der Waals surface area (Å²) in [4.78, 5) is 16.6. The van der Waals surface area contributed by atoms with Gasteiger partial charge in [-0.15, -0.1) is 0 Å². The molecule has 1 amide bonds. The molecule has 2 fully saturated rings. The van der Waals surface area contributed by atoms with E-state index in [1.165, 1.54) is 22.5 Å². The van der Waals surface area contributed by atoms with Crippen LogP contribution in [0.5, 0.6) is 0 Å². The van der Waals surface area contributed by atoms with Crippen molar-refractivity contribution in [1.82, 2.24) is 14.1 Å². The molecule has 2 aliphatic rings. The van der Waals surface area contributed by atoms with Crippen LogP contribution < -0.4 is 0 Å². The molecule has 0 bridgehead atoms. The minimum atomic E-state index is -3.79. The minimum Gasteiger partial charge on any atom is -0.335 e. The quantitative estimate of drug-likeness (QED) is 0.583. The molecular formula is C20H30FN3O5S2. The summed E-state index contributed by atoms with van der Waals surface area (Å²) in [5.74, 6) is -0.626. The Morgan fingerprint density at radius 1 is 1.26 bits per heavy atom. The molecule has 1 aromatic carbocycles. The molecule has 2 saturated heterocycles. The normalized spacial score (nSPS) is 23.5. The molecule has 0 aromatic heterocycles. The van der Waals surface area contributed by atoms with Gasteiger partial charge in [0.25, 0.3) is 0 Å². The Bertz CT molecular complexity index is 1010. The second-order valence-corrected chi connectivity index (χ2v) is 12.4. The predicted octanol–water partition coefficient (Wildman–Crippen LogP) is 0.946. The first-order chi connectivity index (χ1) is 14.5. The summed E-state index contributed by atoms with van der Waals surface area (Å²) < 4.78 is 64.1. The highest BCUT2D eigenvalue weighted by Crippen LogP contribution is 2.22. The van der Waals surface area contributed by atoms with Crippen molar-refractivity contribution < 1.29 is 26.0 Å². The first kappa shape index (κ1) is 24.1. The van der Waals surface area contributed by atoms with Crippen LogP contribution in [0.15, 0.2) is 29.2 Å². The van der Waals surface area contributed by atoms with Crippen LogP contribution in [0.3, 0.4) is 0 Å². The van der Waals surface area contributed by atoms with Crippen molar-refractivity contribution in [3.05, 3.63) is 30.1 Å². The van der Waals surface area contributed by atoms with E-state index >= 15 is 0 Å². The maximum atomic E-state index is 13.4. The number of nitrogens with zero attached hydrogens (tertiary/aromatic N) is 3. The summed E-state index contributed by atoms with van der Waals surface area (Å²) in [6.07, 6.45) is 1.18. The van der Waals surface area contributed by atoms with Crippen LogP contribution >= 0.6 is 0 Å². The SMILES string of the molecule is CC[C@@H](C)N(C(=O)CN1CCN(S(=O)(=O)c2cccc(F)c2)CC1)[C@H]1CCS(=O)(=O)C1. The Morgan fingerprint density at radius 3 is 2.48 bits per heavy atom. The van der Waals surface area contributed by atoms with Crippen molar-refractivity contribution >= 4 is 25.8 Å². The maximum Gasteiger partial charge on any atom is 0.243 e. The maximum absolute atomic E-state index is 13.4. The number of rotatable bonds is 7. The third-order valence-electron chi connectivity index (χ3n) is 6.08. The summed E-state index contributed by atoms with van der Waals surface area (Å²) in [5, 5.41) is 0. The van der Waals surface area contributed by atoms with Gasteiger partial charge in [0, 0.05) is 38.3 Å². The van der Waals surface area contributed by atoms with E-state index in [0.717, 1.165) is 12.5 Å². The number of amides is 1. The standard InChI is InChI=1S/C20H30FN3O5S2/c1-3-16(2)24(18-7-12-30(26,27)15-18)20(25)14-22-8-10-23(11-9-22)31(28,29)19-6-4-5-17(21)13-19/h4-6,13,16,18H,3,7-12,14-15H2,1-2H3/t16-,18+/m1/s1. The van der Waals surface area contributed by atoms with Gasteiger partial charge in [-0.3, -0.25) is 9.69 Å². The molecule has 11 heteroatoms. The third-order valence-corrected chi connectivity index (χ3v) is 9.72. The lowest BCUT2D eigenvalue weighted by Crippen LogP contribution is -2.54. The van der Waals surface area contributed by atoms with Crippen LogP contribution in [0.4, 0.5) is 4.39 Å². The van der Waals surface area contributed by atoms with Crippen LogP contribution in [0.25, 0.3) is 0 Å². The molecule has 0 radical (unpaired) electrons. The zero-order valence-electron chi connectivity index (χ0n) is 17.9. The van der Waals surface area contributed by atoms with Crippen LogP contribution in [0.1, 0.15) is 26.7 Å². The van der Waals surface area contributed by atoms with Crippen LogP contribution in [0, 0.1) is 5.82 Å². The molecule has 0 aliphatic carbocycles. The van der Waals surface area contributed by atoms with E-state index in [4.69, 9.17) is 0 Å². The highest BCUT2D eigenvalue weighted by atomic mass is 32.2. The average Bonchev–Trinajstić information content (AvgIpc) is 3.07. The first-order valence-corrected chi connectivity index (χ1v) is 13.8. The number of sulfone groups is 1. The van der Waals surface area contributed by atoms with Crippen molar-refractivity contribution in [2.24, 2.45) is 0 Å². The fraction of sp³-hybridized carbons (Fsp3) is 0.650. The lowest BCUT2D eigenvalue weighted by atomic mass is 10.1. The topological polar surface area (TPSA) is 95.1 Å². The average molecular weight is 476 g/mol. The van der Waals surface area contributed by atoms with E-state index in [2.05, 4.69) is 0 Å². The fourth-order valence-electron chi connectivity index (χ4n) is 4.18. The molecule has 0 spiro atoms. The van der Waals surface area contributed by atoms with Gasteiger partial charge in [0.05, 0.1) is 22.9 Å². The molecular weight excluding hydrogens is 445 g/mol. The van der Waals surface area contributed by atoms with Gasteiger partial charge >= 0.3 is 0 Å². The Balaban J connectivity index is 1.62. The molecule has 3 rings (SSSR count). The Hall–Kier alpha value is -1.56. The molecule has 174 valence electrons. The number of hydrogen-bond donors (Lipinski definition) is 0. The second-order valence-electron chi connectivity index (χ2n) is 8.25. The summed E-state index contributed by atoms with van der Waals surface area (Å²) >= 11 is 0. The lowest BCUT2D eigenvalue weighted by Gasteiger charge is -2.38. The van der Waals surface area contributed by atoms with E-state index < -0.39 is 25.7 Å². The molecule has 2 atom stereocenters. The van der Waals surface area contributed by atoms with Gasteiger partial charge in [-0.25, -0.2) is 21.2 Å². The largest absolute Gasteiger partial charge is 0.335 e. The fourth-order valence-corrected chi connectivity index (χ4v) is 7.34. The zero-order chi connectivity index (χ0) is 22.8. The Morgan fingerprint density at radius 2 is 1.94 bits per heavy atom. The number of carbonyl (C=O) groups excluding carboxylic acids is 1. The zero-order valence-corrected chi connectivity index (χ0v) is 19.5. The molecule has 2 aliphatic heterocycles. The molecule has 8 nitrogen and oxygen atoms in total. The first-order valence-electron chi connectivity index (χ1n) is 10.5. The molecule has 0 unspecified atom stereocenters. The molecule has 31 heavy (non-hydrogen) atoms. The van der Waals surface area contributed by atoms with Gasteiger partial charge in [0.15, 0.2) is 9.84 Å². The van der Waals surface area contributed by atoms with Crippen LogP contribution in [-0.2, 0) is 24.7 Å². The van der Waals surface area contributed by atoms with Crippen LogP contribution in [0.2, 0.25) is 0 Å². The summed E-state index contributed by atoms with van der Waals surface area (Å²) in [5.41, 5.74) is 0. The van der Waals surface area contributed by atoms with E-state index in [1.807, 2.05) is 18.7 Å². The summed E-state index contributed by atoms with van der Waals surface area (Å²) in [6.45, 7) is 5.15. The summed E-state index contributed by atoms with van der Waals surface area (Å²) in [6, 6.07) is 4.56. The predicted molar refractivity (Wildman–Crippen MR) is 115 cm³/mol. The minimum absolute atomic E-state index is 0.00271. The van der Waals surface area contributed by atoms with Crippen LogP contribution in [-0.4, -0.2) is 93.2 Å². The van der Waals surface area contributed by atoms with Gasteiger partial charge in [0.1, 0.15) is 5.82 Å². The smallest absolute Gasteiger partial charge is 0.243 e. The van der Waals surface area contributed by atoms with Gasteiger partial charge in [0.2, 0.25) is 15.9 Å². The van der Waals surface area contributed by atoms with E-state index in [0.29, 0.717) is 19.5 Å². The van der Waals surface area contributed by atoms with E-state index in [9.17, 15) is 26.0 Å². The molecule has 0 N–H and O–H groups in total. The van der Waals surface area contributed by atoms with Crippen molar-refractivity contribution in [3.8, 4) is 0 Å².